The first-order valence-electron chi connectivity index (χ1n) is 9.53. The molecule has 1 aromatic carbocycles. The van der Waals surface area contributed by atoms with Crippen molar-refractivity contribution < 1.29 is 9.59 Å². The average molecular weight is 401 g/mol. The Balaban J connectivity index is 1.64. The van der Waals surface area contributed by atoms with Gasteiger partial charge in [-0.2, -0.15) is 0 Å². The summed E-state index contributed by atoms with van der Waals surface area (Å²) in [7, 11) is 0. The van der Waals surface area contributed by atoms with Gasteiger partial charge in [-0.15, -0.1) is 0 Å². The van der Waals surface area contributed by atoms with E-state index in [9.17, 15) is 9.59 Å². The highest BCUT2D eigenvalue weighted by Gasteiger charge is 2.20. The summed E-state index contributed by atoms with van der Waals surface area (Å²) in [5.74, 6) is -0.0549. The van der Waals surface area contributed by atoms with Gasteiger partial charge in [0.15, 0.2) is 0 Å². The summed E-state index contributed by atoms with van der Waals surface area (Å²) >= 11 is 6.03. The smallest absolute Gasteiger partial charge is 0.255 e. The molecule has 2 heterocycles. The fourth-order valence-corrected chi connectivity index (χ4v) is 3.63. The van der Waals surface area contributed by atoms with Gasteiger partial charge >= 0.3 is 0 Å². The van der Waals surface area contributed by atoms with Crippen LogP contribution in [0.4, 0.5) is 11.4 Å². The number of aromatic nitrogens is 1. The number of halogens is 1. The second-order valence-corrected chi connectivity index (χ2v) is 7.43. The van der Waals surface area contributed by atoms with Gasteiger partial charge in [0.2, 0.25) is 5.91 Å². The summed E-state index contributed by atoms with van der Waals surface area (Å²) in [4.78, 5) is 30.2. The van der Waals surface area contributed by atoms with Crippen molar-refractivity contribution in [3.63, 3.8) is 0 Å². The van der Waals surface area contributed by atoms with Crippen LogP contribution in [0.2, 0.25) is 5.02 Å². The number of carbonyl (C=O) groups is 2. The van der Waals surface area contributed by atoms with E-state index in [-0.39, 0.29) is 17.9 Å². The van der Waals surface area contributed by atoms with Crippen molar-refractivity contribution in [1.82, 2.24) is 9.88 Å². The lowest BCUT2D eigenvalue weighted by Crippen LogP contribution is -2.41. The van der Waals surface area contributed by atoms with Crippen LogP contribution in [-0.4, -0.2) is 40.8 Å². The van der Waals surface area contributed by atoms with Crippen LogP contribution in [0, 0.1) is 0 Å². The predicted octanol–water partition coefficient (Wildman–Crippen LogP) is 3.97. The number of hydrogen-bond acceptors (Lipinski definition) is 4. The van der Waals surface area contributed by atoms with Gasteiger partial charge in [0.25, 0.3) is 5.91 Å². The zero-order chi connectivity index (χ0) is 20.1. The highest BCUT2D eigenvalue weighted by molar-refractivity contribution is 6.30. The van der Waals surface area contributed by atoms with Gasteiger partial charge in [0.05, 0.1) is 23.8 Å². The first-order valence-corrected chi connectivity index (χ1v) is 9.91. The van der Waals surface area contributed by atoms with Crippen LogP contribution >= 0.6 is 11.6 Å². The Labute approximate surface area is 170 Å². The third kappa shape index (κ3) is 5.01. The van der Waals surface area contributed by atoms with Crippen LogP contribution in [0.25, 0.3) is 0 Å². The summed E-state index contributed by atoms with van der Waals surface area (Å²) in [5.41, 5.74) is 3.01. The van der Waals surface area contributed by atoms with E-state index in [4.69, 9.17) is 11.6 Å². The molecule has 0 spiro atoms. The SMILES string of the molecule is CCc1cc(Cl)ccc1C(=O)Nc1cncc(NC2CCN(C(C)=O)CC2)c1. The highest BCUT2D eigenvalue weighted by Crippen LogP contribution is 2.21. The molecule has 7 heteroatoms. The van der Waals surface area contributed by atoms with Crippen molar-refractivity contribution in [2.75, 3.05) is 23.7 Å². The van der Waals surface area contributed by atoms with Crippen molar-refractivity contribution in [3.05, 3.63) is 52.8 Å². The van der Waals surface area contributed by atoms with Gasteiger partial charge in [0, 0.05) is 36.6 Å². The van der Waals surface area contributed by atoms with E-state index in [1.807, 2.05) is 24.0 Å². The van der Waals surface area contributed by atoms with Gasteiger partial charge in [-0.05, 0) is 49.1 Å². The fourth-order valence-electron chi connectivity index (χ4n) is 3.44. The van der Waals surface area contributed by atoms with E-state index in [2.05, 4.69) is 15.6 Å². The Morgan fingerprint density at radius 1 is 1.18 bits per heavy atom. The van der Waals surface area contributed by atoms with Crippen LogP contribution in [0.3, 0.4) is 0 Å². The number of anilines is 2. The van der Waals surface area contributed by atoms with Crippen LogP contribution in [0.5, 0.6) is 0 Å². The standard InChI is InChI=1S/C21H25ClN4O2/c1-3-15-10-16(22)4-5-20(15)21(28)25-19-11-18(12-23-13-19)24-17-6-8-26(9-7-17)14(2)27/h4-5,10-13,17,24H,3,6-9H2,1-2H3,(H,25,28). The number of nitrogens with one attached hydrogen (secondary N) is 2. The summed E-state index contributed by atoms with van der Waals surface area (Å²) in [6.07, 6.45) is 5.87. The largest absolute Gasteiger partial charge is 0.381 e. The van der Waals surface area contributed by atoms with Crippen molar-refractivity contribution in [3.8, 4) is 0 Å². The van der Waals surface area contributed by atoms with E-state index in [0.29, 0.717) is 16.3 Å². The Hall–Kier alpha value is -2.60. The molecule has 1 aliphatic rings. The minimum atomic E-state index is -0.178. The molecule has 0 unspecified atom stereocenters. The number of piperidine rings is 1. The number of carbonyl (C=O) groups excluding carboxylic acids is 2. The number of rotatable bonds is 5. The lowest BCUT2D eigenvalue weighted by Gasteiger charge is -2.32. The maximum absolute atomic E-state index is 12.7. The van der Waals surface area contributed by atoms with Gasteiger partial charge in [-0.1, -0.05) is 18.5 Å². The summed E-state index contributed by atoms with van der Waals surface area (Å²) in [6, 6.07) is 7.45. The molecule has 28 heavy (non-hydrogen) atoms. The van der Waals surface area contributed by atoms with Crippen molar-refractivity contribution >= 4 is 34.8 Å². The second kappa shape index (κ2) is 9.06. The minimum Gasteiger partial charge on any atom is -0.381 e. The molecule has 1 fully saturated rings. The van der Waals surface area contributed by atoms with Crippen LogP contribution in [0.1, 0.15) is 42.6 Å². The molecule has 0 saturated carbocycles. The number of hydrogen-bond donors (Lipinski definition) is 2. The van der Waals surface area contributed by atoms with E-state index in [1.165, 1.54) is 0 Å². The molecule has 2 aromatic rings. The first-order chi connectivity index (χ1) is 13.5. The number of pyridine rings is 1. The lowest BCUT2D eigenvalue weighted by molar-refractivity contribution is -0.129. The molecular weight excluding hydrogens is 376 g/mol. The molecule has 6 nitrogen and oxygen atoms in total. The number of amides is 2. The zero-order valence-corrected chi connectivity index (χ0v) is 16.9. The molecule has 2 N–H and O–H groups in total. The molecule has 148 valence electrons. The van der Waals surface area contributed by atoms with Crippen molar-refractivity contribution in [2.24, 2.45) is 0 Å². The van der Waals surface area contributed by atoms with Gasteiger partial charge < -0.3 is 15.5 Å². The molecule has 1 saturated heterocycles. The third-order valence-corrected chi connectivity index (χ3v) is 5.24. The molecule has 1 aromatic heterocycles. The van der Waals surface area contributed by atoms with E-state index >= 15 is 0 Å². The average Bonchev–Trinajstić information content (AvgIpc) is 2.68. The van der Waals surface area contributed by atoms with Crippen LogP contribution in [-0.2, 0) is 11.2 Å². The molecular formula is C21H25ClN4O2. The van der Waals surface area contributed by atoms with Crippen LogP contribution < -0.4 is 10.6 Å². The summed E-state index contributed by atoms with van der Waals surface area (Å²) < 4.78 is 0. The maximum atomic E-state index is 12.7. The fraction of sp³-hybridized carbons (Fsp3) is 0.381. The van der Waals surface area contributed by atoms with Gasteiger partial charge in [0.1, 0.15) is 0 Å². The number of benzene rings is 1. The van der Waals surface area contributed by atoms with Crippen molar-refractivity contribution in [2.45, 2.75) is 39.2 Å². The van der Waals surface area contributed by atoms with Crippen molar-refractivity contribution in [1.29, 1.82) is 0 Å². The quantitative estimate of drug-likeness (QED) is 0.796. The Morgan fingerprint density at radius 3 is 2.57 bits per heavy atom. The lowest BCUT2D eigenvalue weighted by atomic mass is 10.0. The molecule has 0 radical (unpaired) electrons. The van der Waals surface area contributed by atoms with Gasteiger partial charge in [-0.3, -0.25) is 14.6 Å². The monoisotopic (exact) mass is 400 g/mol. The Kier molecular flexibility index (Phi) is 6.52. The number of nitrogens with zero attached hydrogens (tertiary/aromatic N) is 2. The second-order valence-electron chi connectivity index (χ2n) is 7.00. The molecule has 1 aliphatic heterocycles. The molecule has 0 atom stereocenters. The topological polar surface area (TPSA) is 74.3 Å². The summed E-state index contributed by atoms with van der Waals surface area (Å²) in [6.45, 7) is 5.11. The predicted molar refractivity (Wildman–Crippen MR) is 112 cm³/mol. The Bertz CT molecular complexity index is 863. The minimum absolute atomic E-state index is 0.124. The number of aryl methyl sites for hydroxylation is 1. The number of likely N-dealkylation sites (tertiary alicyclic amines) is 1. The third-order valence-electron chi connectivity index (χ3n) is 5.00. The molecule has 0 bridgehead atoms. The van der Waals surface area contributed by atoms with Gasteiger partial charge in [-0.25, -0.2) is 0 Å². The summed E-state index contributed by atoms with van der Waals surface area (Å²) in [5, 5.41) is 6.99. The molecule has 3 rings (SSSR count). The van der Waals surface area contributed by atoms with E-state index < -0.39 is 0 Å². The maximum Gasteiger partial charge on any atom is 0.255 e. The highest BCUT2D eigenvalue weighted by atomic mass is 35.5. The van der Waals surface area contributed by atoms with E-state index in [1.54, 1.807) is 31.5 Å². The van der Waals surface area contributed by atoms with Crippen LogP contribution in [0.15, 0.2) is 36.7 Å². The molecule has 2 amide bonds. The molecule has 0 aliphatic carbocycles. The normalized spacial score (nSPS) is 14.6. The Morgan fingerprint density at radius 2 is 1.89 bits per heavy atom. The zero-order valence-electron chi connectivity index (χ0n) is 16.2. The van der Waals surface area contributed by atoms with E-state index in [0.717, 1.165) is 43.6 Å². The first kappa shape index (κ1) is 20.1.